The molecule has 4 aliphatic carbocycles. The van der Waals surface area contributed by atoms with Crippen LogP contribution in [0.3, 0.4) is 0 Å². The van der Waals surface area contributed by atoms with E-state index in [1.54, 1.807) is 0 Å². The van der Waals surface area contributed by atoms with Crippen LogP contribution >= 0.6 is 11.6 Å². The Kier molecular flexibility index (Phi) is 7.53. The highest BCUT2D eigenvalue weighted by molar-refractivity contribution is 6.17. The SMILES string of the molecule is C[C@]12CCC(=O)C=C1C[C@@H](CCCCCCCCCCl)[C@@H]1[C@@H]2CC[C@@]2(C)[C@H]1CC[C@]2(C)O. The van der Waals surface area contributed by atoms with Crippen LogP contribution in [0.1, 0.15) is 117 Å². The topological polar surface area (TPSA) is 37.3 Å². The lowest BCUT2D eigenvalue weighted by Gasteiger charge is -2.61. The van der Waals surface area contributed by atoms with E-state index in [0.29, 0.717) is 23.5 Å². The Balaban J connectivity index is 1.48. The number of unbranched alkanes of at least 4 members (excludes halogenated alkanes) is 6. The fourth-order valence-electron chi connectivity index (χ4n) is 8.63. The van der Waals surface area contributed by atoms with Crippen molar-refractivity contribution >= 4 is 17.4 Å². The Morgan fingerprint density at radius 3 is 2.31 bits per heavy atom. The standard InChI is InChI=1S/C29H47ClO2/c1-27-15-12-23(31)20-22(27)19-21(11-9-7-5-4-6-8-10-18-30)26-24(27)13-16-28(2)25(26)14-17-29(28,3)32/h20-21,24-26,32H,4-19H2,1-3H3/t21-,24+,25+,26-,27+,28+,29+/m1/s1. The first-order chi connectivity index (χ1) is 15.2. The van der Waals surface area contributed by atoms with Gasteiger partial charge in [0.05, 0.1) is 5.60 Å². The predicted octanol–water partition coefficient (Wildman–Crippen LogP) is 7.86. The third kappa shape index (κ3) is 4.37. The normalized spacial score (nSPS) is 43.4. The largest absolute Gasteiger partial charge is 0.390 e. The Labute approximate surface area is 202 Å². The molecule has 0 aromatic carbocycles. The van der Waals surface area contributed by atoms with Crippen molar-refractivity contribution < 1.29 is 9.90 Å². The van der Waals surface area contributed by atoms with E-state index >= 15 is 0 Å². The molecule has 3 heteroatoms. The number of halogens is 1. The summed E-state index contributed by atoms with van der Waals surface area (Å²) < 4.78 is 0. The predicted molar refractivity (Wildman–Crippen MR) is 134 cm³/mol. The van der Waals surface area contributed by atoms with Gasteiger partial charge < -0.3 is 5.11 Å². The second-order valence-corrected chi connectivity index (χ2v) is 12.9. The minimum atomic E-state index is -0.518. The molecule has 0 amide bonds. The lowest BCUT2D eigenvalue weighted by atomic mass is 9.44. The van der Waals surface area contributed by atoms with Crippen LogP contribution in [0.25, 0.3) is 0 Å². The van der Waals surface area contributed by atoms with Crippen LogP contribution < -0.4 is 0 Å². The highest BCUT2D eigenvalue weighted by Gasteiger charge is 2.64. The lowest BCUT2D eigenvalue weighted by Crippen LogP contribution is -2.56. The molecule has 0 radical (unpaired) electrons. The van der Waals surface area contributed by atoms with E-state index in [1.165, 1.54) is 63.4 Å². The summed E-state index contributed by atoms with van der Waals surface area (Å²) in [5, 5.41) is 11.3. The van der Waals surface area contributed by atoms with Gasteiger partial charge in [0.1, 0.15) is 0 Å². The van der Waals surface area contributed by atoms with Crippen molar-refractivity contribution in [3.05, 3.63) is 11.6 Å². The van der Waals surface area contributed by atoms with E-state index in [1.807, 2.05) is 0 Å². The monoisotopic (exact) mass is 462 g/mol. The van der Waals surface area contributed by atoms with Gasteiger partial charge in [-0.25, -0.2) is 0 Å². The number of alkyl halides is 1. The molecule has 0 aliphatic heterocycles. The summed E-state index contributed by atoms with van der Waals surface area (Å²) in [5.74, 6) is 3.92. The maximum atomic E-state index is 12.3. The zero-order valence-electron chi connectivity index (χ0n) is 20.9. The molecule has 4 aliphatic rings. The minimum Gasteiger partial charge on any atom is -0.390 e. The molecule has 0 saturated heterocycles. The molecule has 32 heavy (non-hydrogen) atoms. The number of hydrogen-bond donors (Lipinski definition) is 1. The molecule has 7 atom stereocenters. The van der Waals surface area contributed by atoms with Crippen LogP contribution in [0.15, 0.2) is 11.6 Å². The summed E-state index contributed by atoms with van der Waals surface area (Å²) in [6.45, 7) is 6.99. The van der Waals surface area contributed by atoms with Gasteiger partial charge in [0.2, 0.25) is 0 Å². The fraction of sp³-hybridized carbons (Fsp3) is 0.897. The summed E-state index contributed by atoms with van der Waals surface area (Å²) >= 11 is 5.80. The number of rotatable bonds is 9. The van der Waals surface area contributed by atoms with Gasteiger partial charge >= 0.3 is 0 Å². The lowest BCUT2D eigenvalue weighted by molar-refractivity contribution is -0.135. The molecule has 182 valence electrons. The minimum absolute atomic E-state index is 0.0664. The van der Waals surface area contributed by atoms with E-state index in [2.05, 4.69) is 26.8 Å². The molecule has 1 N–H and O–H groups in total. The molecular weight excluding hydrogens is 416 g/mol. The number of carbonyl (C=O) groups excluding carboxylic acids is 1. The Morgan fingerprint density at radius 1 is 0.938 bits per heavy atom. The van der Waals surface area contributed by atoms with E-state index < -0.39 is 5.60 Å². The molecule has 4 rings (SSSR count). The van der Waals surface area contributed by atoms with Crippen molar-refractivity contribution in [2.24, 2.45) is 34.5 Å². The third-order valence-corrected chi connectivity index (χ3v) is 11.2. The van der Waals surface area contributed by atoms with Gasteiger partial charge in [-0.1, -0.05) is 57.9 Å². The Hall–Kier alpha value is -0.340. The number of carbonyl (C=O) groups is 1. The Bertz CT molecular complexity index is 712. The third-order valence-electron chi connectivity index (χ3n) is 10.9. The first kappa shape index (κ1) is 24.8. The number of ketones is 1. The van der Waals surface area contributed by atoms with Crippen molar-refractivity contribution in [2.45, 2.75) is 123 Å². The molecule has 0 unspecified atom stereocenters. The maximum absolute atomic E-state index is 12.3. The van der Waals surface area contributed by atoms with Gasteiger partial charge in [-0.15, -0.1) is 11.6 Å². The van der Waals surface area contributed by atoms with Crippen molar-refractivity contribution in [1.29, 1.82) is 0 Å². The Morgan fingerprint density at radius 2 is 1.59 bits per heavy atom. The molecule has 0 spiro atoms. The van der Waals surface area contributed by atoms with Gasteiger partial charge in [-0.05, 0) is 98.9 Å². The highest BCUT2D eigenvalue weighted by Crippen LogP contribution is 2.69. The van der Waals surface area contributed by atoms with Crippen LogP contribution in [0, 0.1) is 34.5 Å². The molecule has 2 nitrogen and oxygen atoms in total. The smallest absolute Gasteiger partial charge is 0.155 e. The van der Waals surface area contributed by atoms with Gasteiger partial charge in [0.15, 0.2) is 5.78 Å². The first-order valence-electron chi connectivity index (χ1n) is 13.8. The van der Waals surface area contributed by atoms with Crippen LogP contribution in [0.5, 0.6) is 0 Å². The van der Waals surface area contributed by atoms with Crippen LogP contribution in [-0.2, 0) is 4.79 Å². The highest BCUT2D eigenvalue weighted by atomic mass is 35.5. The van der Waals surface area contributed by atoms with E-state index in [4.69, 9.17) is 11.6 Å². The van der Waals surface area contributed by atoms with E-state index in [-0.39, 0.29) is 10.8 Å². The molecule has 3 saturated carbocycles. The van der Waals surface area contributed by atoms with Crippen molar-refractivity contribution in [1.82, 2.24) is 0 Å². The van der Waals surface area contributed by atoms with E-state index in [9.17, 15) is 9.90 Å². The second-order valence-electron chi connectivity index (χ2n) is 12.5. The zero-order chi connectivity index (χ0) is 23.0. The van der Waals surface area contributed by atoms with Crippen LogP contribution in [0.2, 0.25) is 0 Å². The average molecular weight is 463 g/mol. The van der Waals surface area contributed by atoms with Crippen molar-refractivity contribution in [3.8, 4) is 0 Å². The van der Waals surface area contributed by atoms with Gasteiger partial charge in [-0.3, -0.25) is 4.79 Å². The van der Waals surface area contributed by atoms with Crippen molar-refractivity contribution in [3.63, 3.8) is 0 Å². The number of hydrogen-bond acceptors (Lipinski definition) is 2. The maximum Gasteiger partial charge on any atom is 0.155 e. The number of fused-ring (bicyclic) bond motifs is 5. The molecule has 3 fully saturated rings. The molecule has 0 heterocycles. The number of allylic oxidation sites excluding steroid dienone is 1. The summed E-state index contributed by atoms with van der Waals surface area (Å²) in [6, 6.07) is 0. The van der Waals surface area contributed by atoms with Gasteiger partial charge in [-0.2, -0.15) is 0 Å². The van der Waals surface area contributed by atoms with Gasteiger partial charge in [0.25, 0.3) is 0 Å². The summed E-state index contributed by atoms with van der Waals surface area (Å²) in [4.78, 5) is 12.3. The summed E-state index contributed by atoms with van der Waals surface area (Å²) in [5.41, 5.74) is 1.24. The quantitative estimate of drug-likeness (QED) is 0.279. The molecular formula is C29H47ClO2. The summed E-state index contributed by atoms with van der Waals surface area (Å²) in [6.07, 6.45) is 19.9. The summed E-state index contributed by atoms with van der Waals surface area (Å²) in [7, 11) is 0. The fourth-order valence-corrected chi connectivity index (χ4v) is 8.82. The zero-order valence-corrected chi connectivity index (χ0v) is 21.7. The van der Waals surface area contributed by atoms with Gasteiger partial charge in [0, 0.05) is 12.3 Å². The van der Waals surface area contributed by atoms with Crippen molar-refractivity contribution in [2.75, 3.05) is 5.88 Å². The van der Waals surface area contributed by atoms with E-state index in [0.717, 1.165) is 50.3 Å². The molecule has 0 bridgehead atoms. The molecule has 0 aromatic heterocycles. The average Bonchev–Trinajstić information content (AvgIpc) is 3.00. The number of aliphatic hydroxyl groups is 1. The molecule has 0 aromatic rings. The van der Waals surface area contributed by atoms with Crippen LogP contribution in [0.4, 0.5) is 0 Å². The first-order valence-corrected chi connectivity index (χ1v) is 14.3. The van der Waals surface area contributed by atoms with Crippen LogP contribution in [-0.4, -0.2) is 22.4 Å². The second kappa shape index (κ2) is 9.73.